The van der Waals surface area contributed by atoms with Gasteiger partial charge in [0.15, 0.2) is 12.6 Å². The first-order chi connectivity index (χ1) is 20.6. The zero-order chi connectivity index (χ0) is 29.1. The number of carbonyl (C=O) groups is 1. The average molecular weight is 589 g/mol. The Kier molecular flexibility index (Phi) is 12.8. The first kappa shape index (κ1) is 32.2. The topological polar surface area (TPSA) is 83.5 Å². The van der Waals surface area contributed by atoms with E-state index in [1.54, 1.807) is 0 Å². The number of esters is 1. The molecule has 2 saturated heterocycles. The Morgan fingerprint density at radius 3 is 2.43 bits per heavy atom. The summed E-state index contributed by atoms with van der Waals surface area (Å²) in [6, 6.07) is 0. The van der Waals surface area contributed by atoms with Gasteiger partial charge in [-0.05, 0) is 101 Å². The molecule has 5 rings (SSSR count). The van der Waals surface area contributed by atoms with E-state index >= 15 is 0 Å². The molecule has 0 amide bonds. The van der Waals surface area contributed by atoms with Gasteiger partial charge in [-0.2, -0.15) is 0 Å². The molecule has 8 unspecified atom stereocenters. The first-order valence-electron chi connectivity index (χ1n) is 17.3. The third-order valence-corrected chi connectivity index (χ3v) is 10.4. The van der Waals surface area contributed by atoms with Gasteiger partial charge in [0.1, 0.15) is 0 Å². The fraction of sp³-hybridized carbons (Fsp3) is 0.857. The summed E-state index contributed by atoms with van der Waals surface area (Å²) >= 11 is 0. The Hall–Kier alpha value is -1.25. The molecule has 238 valence electrons. The van der Waals surface area contributed by atoms with E-state index in [0.29, 0.717) is 30.3 Å². The molecule has 7 nitrogen and oxygen atoms in total. The highest BCUT2D eigenvalue weighted by Gasteiger charge is 2.46. The normalized spacial score (nSPS) is 33.8. The third-order valence-electron chi connectivity index (χ3n) is 10.4. The van der Waals surface area contributed by atoms with Crippen LogP contribution < -0.4 is 0 Å². The summed E-state index contributed by atoms with van der Waals surface area (Å²) in [5.41, 5.74) is 1.40. The SMILES string of the molecule is CC(=O)OCCCCC(CO)C1=CC2CC(OC3CCCCO3)C(C=CC(OC3CCCCO3)C3CCCCC3)C2C1. The number of rotatable bonds is 14. The highest BCUT2D eigenvalue weighted by Crippen LogP contribution is 2.51. The predicted molar refractivity (Wildman–Crippen MR) is 161 cm³/mol. The van der Waals surface area contributed by atoms with E-state index < -0.39 is 0 Å². The van der Waals surface area contributed by atoms with Gasteiger partial charge in [-0.15, -0.1) is 0 Å². The summed E-state index contributed by atoms with van der Waals surface area (Å²) in [5, 5.41) is 10.3. The minimum absolute atomic E-state index is 0.0831. The summed E-state index contributed by atoms with van der Waals surface area (Å²) in [6.07, 6.45) is 25.1. The highest BCUT2D eigenvalue weighted by molar-refractivity contribution is 5.65. The van der Waals surface area contributed by atoms with E-state index in [1.807, 2.05) is 0 Å². The molecule has 1 N–H and O–H groups in total. The molecule has 5 aliphatic rings. The zero-order valence-corrected chi connectivity index (χ0v) is 26.0. The van der Waals surface area contributed by atoms with E-state index in [2.05, 4.69) is 18.2 Å². The lowest BCUT2D eigenvalue weighted by Crippen LogP contribution is -2.33. The van der Waals surface area contributed by atoms with Gasteiger partial charge in [0.2, 0.25) is 0 Å². The van der Waals surface area contributed by atoms with Crippen LogP contribution in [0.2, 0.25) is 0 Å². The number of unbranched alkanes of at least 4 members (excludes halogenated alkanes) is 1. The van der Waals surface area contributed by atoms with Crippen molar-refractivity contribution in [1.82, 2.24) is 0 Å². The van der Waals surface area contributed by atoms with Gasteiger partial charge in [0, 0.05) is 38.6 Å². The Bertz CT molecular complexity index is 869. The van der Waals surface area contributed by atoms with Gasteiger partial charge in [-0.1, -0.05) is 43.1 Å². The van der Waals surface area contributed by atoms with Crippen molar-refractivity contribution in [2.24, 2.45) is 29.6 Å². The van der Waals surface area contributed by atoms with E-state index in [4.69, 9.17) is 23.7 Å². The fourth-order valence-corrected chi connectivity index (χ4v) is 8.10. The largest absolute Gasteiger partial charge is 0.466 e. The van der Waals surface area contributed by atoms with Crippen LogP contribution in [0.4, 0.5) is 0 Å². The van der Waals surface area contributed by atoms with Gasteiger partial charge >= 0.3 is 5.97 Å². The minimum atomic E-state index is -0.225. The van der Waals surface area contributed by atoms with Crippen LogP contribution >= 0.6 is 0 Å². The summed E-state index contributed by atoms with van der Waals surface area (Å²) in [7, 11) is 0. The van der Waals surface area contributed by atoms with Crippen molar-refractivity contribution in [2.75, 3.05) is 26.4 Å². The summed E-state index contributed by atoms with van der Waals surface area (Å²) in [5.74, 6) is 1.77. The molecule has 0 aromatic heterocycles. The second-order valence-corrected chi connectivity index (χ2v) is 13.5. The Morgan fingerprint density at radius 1 is 1.00 bits per heavy atom. The van der Waals surface area contributed by atoms with E-state index in [-0.39, 0.29) is 43.3 Å². The van der Waals surface area contributed by atoms with Gasteiger partial charge in [0.05, 0.1) is 18.8 Å². The number of ether oxygens (including phenoxy) is 5. The second kappa shape index (κ2) is 16.7. The summed E-state index contributed by atoms with van der Waals surface area (Å²) in [4.78, 5) is 11.1. The van der Waals surface area contributed by atoms with Crippen LogP contribution in [0.5, 0.6) is 0 Å². The molecule has 2 heterocycles. The van der Waals surface area contributed by atoms with Crippen molar-refractivity contribution in [3.05, 3.63) is 23.8 Å². The van der Waals surface area contributed by atoms with Crippen LogP contribution in [-0.2, 0) is 28.5 Å². The lowest BCUT2D eigenvalue weighted by atomic mass is 9.83. The number of allylic oxidation sites excluding steroid dienone is 1. The van der Waals surface area contributed by atoms with Crippen LogP contribution in [0.15, 0.2) is 23.8 Å². The monoisotopic (exact) mass is 588 g/mol. The van der Waals surface area contributed by atoms with Crippen molar-refractivity contribution < 1.29 is 33.6 Å². The van der Waals surface area contributed by atoms with Gasteiger partial charge in [-0.3, -0.25) is 4.79 Å². The molecule has 4 fully saturated rings. The lowest BCUT2D eigenvalue weighted by molar-refractivity contribution is -0.193. The van der Waals surface area contributed by atoms with Crippen molar-refractivity contribution in [1.29, 1.82) is 0 Å². The second-order valence-electron chi connectivity index (χ2n) is 13.5. The van der Waals surface area contributed by atoms with Crippen molar-refractivity contribution in [3.8, 4) is 0 Å². The maximum absolute atomic E-state index is 11.1. The maximum atomic E-state index is 11.1. The Labute approximate surface area is 253 Å². The molecular formula is C35H56O7. The van der Waals surface area contributed by atoms with Crippen LogP contribution in [0.3, 0.4) is 0 Å². The molecule has 2 aliphatic heterocycles. The number of fused-ring (bicyclic) bond motifs is 1. The fourth-order valence-electron chi connectivity index (χ4n) is 8.10. The van der Waals surface area contributed by atoms with E-state index in [9.17, 15) is 9.90 Å². The predicted octanol–water partition coefficient (Wildman–Crippen LogP) is 6.87. The zero-order valence-electron chi connectivity index (χ0n) is 26.0. The molecular weight excluding hydrogens is 532 g/mol. The Balaban J connectivity index is 1.26. The van der Waals surface area contributed by atoms with Crippen LogP contribution in [-0.4, -0.2) is 62.3 Å². The molecule has 8 atom stereocenters. The number of hydrogen-bond acceptors (Lipinski definition) is 7. The van der Waals surface area contributed by atoms with Crippen LogP contribution in [0, 0.1) is 29.6 Å². The quantitative estimate of drug-likeness (QED) is 0.135. The van der Waals surface area contributed by atoms with Crippen molar-refractivity contribution in [3.63, 3.8) is 0 Å². The van der Waals surface area contributed by atoms with Crippen LogP contribution in [0.1, 0.15) is 110 Å². The van der Waals surface area contributed by atoms with Crippen LogP contribution in [0.25, 0.3) is 0 Å². The van der Waals surface area contributed by atoms with Crippen molar-refractivity contribution in [2.45, 2.75) is 134 Å². The summed E-state index contributed by atoms with van der Waals surface area (Å²) < 4.78 is 30.5. The average Bonchev–Trinajstić information content (AvgIpc) is 3.56. The molecule has 2 saturated carbocycles. The van der Waals surface area contributed by atoms with E-state index in [1.165, 1.54) is 57.4 Å². The molecule has 0 bridgehead atoms. The van der Waals surface area contributed by atoms with E-state index in [0.717, 1.165) is 71.0 Å². The Morgan fingerprint density at radius 2 is 1.74 bits per heavy atom. The minimum Gasteiger partial charge on any atom is -0.466 e. The maximum Gasteiger partial charge on any atom is 0.302 e. The van der Waals surface area contributed by atoms with Gasteiger partial charge in [-0.25, -0.2) is 0 Å². The number of hydrogen-bond donors (Lipinski definition) is 1. The molecule has 0 radical (unpaired) electrons. The molecule has 7 heteroatoms. The smallest absolute Gasteiger partial charge is 0.302 e. The summed E-state index contributed by atoms with van der Waals surface area (Å²) in [6.45, 7) is 3.69. The molecule has 3 aliphatic carbocycles. The highest BCUT2D eigenvalue weighted by atomic mass is 16.7. The third kappa shape index (κ3) is 9.13. The molecule has 42 heavy (non-hydrogen) atoms. The first-order valence-corrected chi connectivity index (χ1v) is 17.3. The molecule has 0 spiro atoms. The van der Waals surface area contributed by atoms with Gasteiger partial charge in [0.25, 0.3) is 0 Å². The lowest BCUT2D eigenvalue weighted by Gasteiger charge is -2.33. The number of aliphatic hydroxyl groups is 1. The molecule has 0 aromatic rings. The van der Waals surface area contributed by atoms with Gasteiger partial charge < -0.3 is 28.8 Å². The number of aliphatic hydroxyl groups excluding tert-OH is 1. The number of carbonyl (C=O) groups excluding carboxylic acids is 1. The molecule has 0 aromatic carbocycles. The standard InChI is InChI=1S/C35H56O7/c1-25(37)38-18-8-5-13-27(24-36)28-21-29-23-33(42-35-15-7-10-20-40-35)30(31(29)22-28)16-17-32(26-11-3-2-4-12-26)41-34-14-6-9-19-39-34/h16-17,21,26-27,29-36H,2-15,18-20,22-24H2,1H3. The van der Waals surface area contributed by atoms with Crippen molar-refractivity contribution >= 4 is 5.97 Å².